The molecule has 1 saturated heterocycles. The lowest BCUT2D eigenvalue weighted by Crippen LogP contribution is -2.60. The summed E-state index contributed by atoms with van der Waals surface area (Å²) in [6, 6.07) is 3.63. The lowest BCUT2D eigenvalue weighted by molar-refractivity contribution is -0.270. The zero-order valence-electron chi connectivity index (χ0n) is 20.8. The highest BCUT2D eigenvalue weighted by Gasteiger charge is 2.53. The van der Waals surface area contributed by atoms with Gasteiger partial charge in [0, 0.05) is 40.1 Å². The van der Waals surface area contributed by atoms with E-state index in [1.807, 2.05) is 12.1 Å². The van der Waals surface area contributed by atoms with E-state index in [-0.39, 0.29) is 13.2 Å². The normalized spacial score (nSPS) is 23.1. The second kappa shape index (κ2) is 12.9. The highest BCUT2D eigenvalue weighted by atomic mass is 16.7. The van der Waals surface area contributed by atoms with Gasteiger partial charge >= 0.3 is 23.9 Å². The van der Waals surface area contributed by atoms with Crippen molar-refractivity contribution in [1.82, 2.24) is 20.0 Å². The van der Waals surface area contributed by atoms with E-state index in [0.717, 1.165) is 26.3 Å². The van der Waals surface area contributed by atoms with Crippen LogP contribution >= 0.6 is 0 Å². The Labute approximate surface area is 212 Å². The number of hydrogen-bond acceptors (Lipinski definition) is 13. The quantitative estimate of drug-likeness (QED) is 0.316. The molecule has 0 aromatic carbocycles. The predicted octanol–water partition coefficient (Wildman–Crippen LogP) is 0.646. The third kappa shape index (κ3) is 8.05. The fraction of sp³-hybridized carbons (Fsp3) is 0.522. The molecule has 2 aromatic heterocycles. The lowest BCUT2D eigenvalue weighted by atomic mass is 9.97. The second-order valence-electron chi connectivity index (χ2n) is 8.13. The van der Waals surface area contributed by atoms with Crippen LogP contribution in [0.15, 0.2) is 30.7 Å². The number of hydrogen-bond donors (Lipinski definition) is 0. The standard InChI is InChI=1S/C23H28N4O10/c1-13(28)33-12-19-20(34-14(2)29)21(35-15(3)30)22(36-16(4)31)23(37-19)27-9-18(25-26-27)11-32-10-17-5-7-24-8-6-17/h5-9,19-23H,10-12H2,1-4H3/t19-,20-,21+,22-,23-/m1/s1. The summed E-state index contributed by atoms with van der Waals surface area (Å²) < 4.78 is 34.3. The van der Waals surface area contributed by atoms with Crippen molar-refractivity contribution in [2.45, 2.75) is 71.6 Å². The van der Waals surface area contributed by atoms with Crippen LogP contribution in [-0.2, 0) is 60.8 Å². The van der Waals surface area contributed by atoms with Gasteiger partial charge in [-0.2, -0.15) is 0 Å². The number of carbonyl (C=O) groups is 4. The van der Waals surface area contributed by atoms with Crippen molar-refractivity contribution in [1.29, 1.82) is 0 Å². The Balaban J connectivity index is 1.87. The first kappa shape index (κ1) is 27.7. The van der Waals surface area contributed by atoms with Gasteiger partial charge < -0.3 is 28.4 Å². The molecule has 14 nitrogen and oxygen atoms in total. The predicted molar refractivity (Wildman–Crippen MR) is 120 cm³/mol. The van der Waals surface area contributed by atoms with Crippen molar-refractivity contribution < 1.29 is 47.6 Å². The van der Waals surface area contributed by atoms with Gasteiger partial charge in [0.2, 0.25) is 0 Å². The van der Waals surface area contributed by atoms with Crippen molar-refractivity contribution >= 4 is 23.9 Å². The largest absolute Gasteiger partial charge is 0.463 e. The molecule has 0 amide bonds. The minimum absolute atomic E-state index is 0.105. The third-order valence-electron chi connectivity index (χ3n) is 5.05. The number of pyridine rings is 1. The van der Waals surface area contributed by atoms with Gasteiger partial charge in [-0.05, 0) is 17.7 Å². The van der Waals surface area contributed by atoms with Crippen LogP contribution in [0.3, 0.4) is 0 Å². The highest BCUT2D eigenvalue weighted by Crippen LogP contribution is 2.34. The SMILES string of the molecule is CC(=O)OC[C@H]1O[C@@H](n2cc(COCc3ccncc3)nn2)[C@H](OC(C)=O)[C@@H](OC(C)=O)[C@@H]1OC(C)=O. The Hall–Kier alpha value is -3.91. The zero-order chi connectivity index (χ0) is 26.9. The van der Waals surface area contributed by atoms with Gasteiger partial charge in [-0.1, -0.05) is 5.21 Å². The molecule has 0 bridgehead atoms. The summed E-state index contributed by atoms with van der Waals surface area (Å²) in [5.74, 6) is -2.76. The molecule has 1 aliphatic rings. The monoisotopic (exact) mass is 520 g/mol. The van der Waals surface area contributed by atoms with Gasteiger partial charge in [0.1, 0.15) is 18.4 Å². The first-order chi connectivity index (χ1) is 17.6. The Morgan fingerprint density at radius 1 is 0.865 bits per heavy atom. The second-order valence-corrected chi connectivity index (χ2v) is 8.13. The van der Waals surface area contributed by atoms with Crippen LogP contribution in [0.5, 0.6) is 0 Å². The summed E-state index contributed by atoms with van der Waals surface area (Å²) >= 11 is 0. The van der Waals surface area contributed by atoms with E-state index in [4.69, 9.17) is 28.4 Å². The van der Waals surface area contributed by atoms with Crippen LogP contribution in [0.1, 0.15) is 45.2 Å². The van der Waals surface area contributed by atoms with Crippen LogP contribution in [-0.4, -0.2) is 74.9 Å². The molecule has 200 valence electrons. The number of esters is 4. The molecule has 0 radical (unpaired) electrons. The van der Waals surface area contributed by atoms with Crippen molar-refractivity contribution in [2.24, 2.45) is 0 Å². The summed E-state index contributed by atoms with van der Waals surface area (Å²) in [7, 11) is 0. The van der Waals surface area contributed by atoms with Crippen molar-refractivity contribution in [3.8, 4) is 0 Å². The number of ether oxygens (including phenoxy) is 6. The smallest absolute Gasteiger partial charge is 0.303 e. The third-order valence-corrected chi connectivity index (χ3v) is 5.05. The van der Waals surface area contributed by atoms with Crippen LogP contribution in [0.2, 0.25) is 0 Å². The molecule has 14 heteroatoms. The zero-order valence-corrected chi connectivity index (χ0v) is 20.8. The molecule has 1 fully saturated rings. The van der Waals surface area contributed by atoms with Gasteiger partial charge in [-0.25, -0.2) is 4.68 Å². The van der Waals surface area contributed by atoms with E-state index in [0.29, 0.717) is 12.3 Å². The van der Waals surface area contributed by atoms with Gasteiger partial charge in [0.15, 0.2) is 24.5 Å². The first-order valence-electron chi connectivity index (χ1n) is 11.3. The minimum Gasteiger partial charge on any atom is -0.463 e. The molecular formula is C23H28N4O10. The number of aromatic nitrogens is 4. The maximum absolute atomic E-state index is 12.0. The molecule has 0 saturated carbocycles. The molecule has 0 unspecified atom stereocenters. The van der Waals surface area contributed by atoms with Crippen molar-refractivity contribution in [2.75, 3.05) is 6.61 Å². The highest BCUT2D eigenvalue weighted by molar-refractivity contribution is 5.68. The molecule has 37 heavy (non-hydrogen) atoms. The average molecular weight is 520 g/mol. The molecule has 3 rings (SSSR count). The van der Waals surface area contributed by atoms with Crippen molar-refractivity contribution in [3.63, 3.8) is 0 Å². The van der Waals surface area contributed by atoms with Crippen LogP contribution in [0, 0.1) is 0 Å². The fourth-order valence-electron chi connectivity index (χ4n) is 3.67. The summed E-state index contributed by atoms with van der Waals surface area (Å²) in [5, 5.41) is 8.12. The summed E-state index contributed by atoms with van der Waals surface area (Å²) in [6.45, 7) is 4.73. The minimum atomic E-state index is -1.31. The van der Waals surface area contributed by atoms with E-state index in [1.165, 1.54) is 17.8 Å². The van der Waals surface area contributed by atoms with Crippen LogP contribution in [0.4, 0.5) is 0 Å². The molecule has 0 N–H and O–H groups in total. The number of carbonyl (C=O) groups excluding carboxylic acids is 4. The van der Waals surface area contributed by atoms with Gasteiger partial charge in [0.05, 0.1) is 19.4 Å². The Kier molecular flexibility index (Phi) is 9.63. The summed E-state index contributed by atoms with van der Waals surface area (Å²) in [6.07, 6.45) is -1.31. The molecule has 0 spiro atoms. The Bertz CT molecular complexity index is 1090. The van der Waals surface area contributed by atoms with E-state index in [9.17, 15) is 19.2 Å². The van der Waals surface area contributed by atoms with Crippen LogP contribution in [0.25, 0.3) is 0 Å². The molecular weight excluding hydrogens is 492 g/mol. The number of nitrogens with zero attached hydrogens (tertiary/aromatic N) is 4. The average Bonchev–Trinajstić information content (AvgIpc) is 3.29. The molecule has 5 atom stereocenters. The summed E-state index contributed by atoms with van der Waals surface area (Å²) in [4.78, 5) is 51.1. The topological polar surface area (TPSA) is 167 Å². The molecule has 0 aliphatic carbocycles. The van der Waals surface area contributed by atoms with Gasteiger partial charge in [0.25, 0.3) is 0 Å². The fourth-order valence-corrected chi connectivity index (χ4v) is 3.67. The lowest BCUT2D eigenvalue weighted by Gasteiger charge is -2.44. The first-order valence-corrected chi connectivity index (χ1v) is 11.3. The van der Waals surface area contributed by atoms with E-state index in [1.54, 1.807) is 12.4 Å². The Morgan fingerprint density at radius 2 is 1.49 bits per heavy atom. The maximum atomic E-state index is 12.0. The van der Waals surface area contributed by atoms with Gasteiger partial charge in [-0.3, -0.25) is 24.2 Å². The van der Waals surface area contributed by atoms with Gasteiger partial charge in [-0.15, -0.1) is 5.10 Å². The Morgan fingerprint density at radius 3 is 2.11 bits per heavy atom. The van der Waals surface area contributed by atoms with Crippen LogP contribution < -0.4 is 0 Å². The van der Waals surface area contributed by atoms with E-state index < -0.39 is 54.5 Å². The molecule has 1 aliphatic heterocycles. The molecule has 2 aromatic rings. The summed E-state index contributed by atoms with van der Waals surface area (Å²) in [5.41, 5.74) is 1.35. The number of rotatable bonds is 10. The maximum Gasteiger partial charge on any atom is 0.303 e. The van der Waals surface area contributed by atoms with Crippen molar-refractivity contribution in [3.05, 3.63) is 42.0 Å². The van der Waals surface area contributed by atoms with E-state index >= 15 is 0 Å². The molecule has 3 heterocycles. The van der Waals surface area contributed by atoms with E-state index in [2.05, 4.69) is 15.3 Å².